The third-order valence-corrected chi connectivity index (χ3v) is 3.82. The predicted octanol–water partition coefficient (Wildman–Crippen LogP) is 4.11. The zero-order valence-corrected chi connectivity index (χ0v) is 13.6. The number of benzene rings is 1. The molecule has 0 amide bonds. The van der Waals surface area contributed by atoms with Gasteiger partial charge in [0.15, 0.2) is 0 Å². The van der Waals surface area contributed by atoms with Crippen LogP contribution in [0.4, 0.5) is 4.39 Å². The van der Waals surface area contributed by atoms with Gasteiger partial charge in [0.1, 0.15) is 5.82 Å². The molecule has 1 unspecified atom stereocenters. The second-order valence-corrected chi connectivity index (χ2v) is 5.98. The molecule has 0 saturated carbocycles. The maximum absolute atomic E-state index is 13.0. The molecule has 20 heavy (non-hydrogen) atoms. The van der Waals surface area contributed by atoms with Gasteiger partial charge in [-0.25, -0.2) is 4.39 Å². The number of hydrogen-bond donors (Lipinski definition) is 1. The monoisotopic (exact) mass is 384 g/mol. The molecule has 106 valence electrons. The number of nitrogens with one attached hydrogen (secondary N) is 1. The molecular formula is C16H18FIN2. The van der Waals surface area contributed by atoms with E-state index < -0.39 is 0 Å². The summed E-state index contributed by atoms with van der Waals surface area (Å²) in [7, 11) is 0. The van der Waals surface area contributed by atoms with Gasteiger partial charge in [-0.05, 0) is 71.8 Å². The summed E-state index contributed by atoms with van der Waals surface area (Å²) >= 11 is 2.30. The summed E-state index contributed by atoms with van der Waals surface area (Å²) in [4.78, 5) is 4.21. The van der Waals surface area contributed by atoms with Crippen LogP contribution in [0.3, 0.4) is 0 Å². The van der Waals surface area contributed by atoms with Gasteiger partial charge in [-0.2, -0.15) is 0 Å². The highest BCUT2D eigenvalue weighted by molar-refractivity contribution is 14.1. The highest BCUT2D eigenvalue weighted by atomic mass is 127. The molecule has 1 aromatic carbocycles. The first-order valence-corrected chi connectivity index (χ1v) is 7.86. The first-order valence-electron chi connectivity index (χ1n) is 6.78. The largest absolute Gasteiger partial charge is 0.308 e. The number of halogens is 2. The number of aromatic nitrogens is 1. The first kappa shape index (κ1) is 15.4. The fourth-order valence-electron chi connectivity index (χ4n) is 2.05. The molecule has 0 aliphatic rings. The second-order valence-electron chi connectivity index (χ2n) is 4.74. The molecule has 0 spiro atoms. The Labute approximate surface area is 133 Å². The Morgan fingerprint density at radius 2 is 1.95 bits per heavy atom. The molecule has 2 aromatic rings. The molecule has 2 nitrogen and oxygen atoms in total. The molecule has 0 aliphatic heterocycles. The van der Waals surface area contributed by atoms with E-state index in [1.807, 2.05) is 0 Å². The van der Waals surface area contributed by atoms with Crippen LogP contribution >= 0.6 is 22.6 Å². The van der Waals surface area contributed by atoms with E-state index in [1.54, 1.807) is 6.07 Å². The molecule has 4 heteroatoms. The topological polar surface area (TPSA) is 24.9 Å². The van der Waals surface area contributed by atoms with Crippen LogP contribution in [0, 0.1) is 9.39 Å². The minimum absolute atomic E-state index is 0.121. The number of pyridine rings is 1. The van der Waals surface area contributed by atoms with Crippen molar-refractivity contribution in [2.24, 2.45) is 0 Å². The van der Waals surface area contributed by atoms with E-state index in [-0.39, 0.29) is 11.9 Å². The molecule has 0 saturated heterocycles. The van der Waals surface area contributed by atoms with E-state index in [9.17, 15) is 4.39 Å². The third-order valence-electron chi connectivity index (χ3n) is 3.10. The Morgan fingerprint density at radius 1 is 1.20 bits per heavy atom. The normalized spacial score (nSPS) is 12.3. The van der Waals surface area contributed by atoms with Crippen LogP contribution in [0.1, 0.15) is 30.6 Å². The minimum Gasteiger partial charge on any atom is -0.308 e. The quantitative estimate of drug-likeness (QED) is 0.759. The van der Waals surface area contributed by atoms with Crippen LogP contribution in [0.2, 0.25) is 0 Å². The van der Waals surface area contributed by atoms with E-state index in [0.717, 1.165) is 25.1 Å². The molecule has 1 heterocycles. The Morgan fingerprint density at radius 3 is 2.55 bits per heavy atom. The lowest BCUT2D eigenvalue weighted by Crippen LogP contribution is -2.25. The van der Waals surface area contributed by atoms with Gasteiger partial charge >= 0.3 is 0 Å². The standard InChI is InChI=1S/C16H18FIN2/c1-2-9-19-16(15-8-5-13(17)11-20-15)10-12-3-6-14(18)7-4-12/h3-8,11,16,19H,2,9-10H2,1H3. The fourth-order valence-corrected chi connectivity index (χ4v) is 2.41. The van der Waals surface area contributed by atoms with E-state index >= 15 is 0 Å². The van der Waals surface area contributed by atoms with Crippen LogP contribution in [-0.4, -0.2) is 11.5 Å². The van der Waals surface area contributed by atoms with E-state index in [2.05, 4.69) is 64.1 Å². The maximum atomic E-state index is 13.0. The zero-order chi connectivity index (χ0) is 14.4. The predicted molar refractivity (Wildman–Crippen MR) is 88.1 cm³/mol. The molecule has 0 aliphatic carbocycles. The van der Waals surface area contributed by atoms with Crippen molar-refractivity contribution in [1.82, 2.24) is 10.3 Å². The Balaban J connectivity index is 2.14. The average Bonchev–Trinajstić information content (AvgIpc) is 2.46. The van der Waals surface area contributed by atoms with Crippen molar-refractivity contribution < 1.29 is 4.39 Å². The maximum Gasteiger partial charge on any atom is 0.141 e. The van der Waals surface area contributed by atoms with Gasteiger partial charge in [-0.3, -0.25) is 4.98 Å². The van der Waals surface area contributed by atoms with Gasteiger partial charge in [0.25, 0.3) is 0 Å². The molecule has 2 rings (SSSR count). The number of hydrogen-bond acceptors (Lipinski definition) is 2. The molecule has 1 atom stereocenters. The van der Waals surface area contributed by atoms with Gasteiger partial charge in [0.05, 0.1) is 17.9 Å². The minimum atomic E-state index is -0.294. The SMILES string of the molecule is CCCNC(Cc1ccc(I)cc1)c1ccc(F)cn1. The molecular weight excluding hydrogens is 366 g/mol. The third kappa shape index (κ3) is 4.52. The molecule has 1 aromatic heterocycles. The molecule has 0 fully saturated rings. The highest BCUT2D eigenvalue weighted by Crippen LogP contribution is 2.18. The summed E-state index contributed by atoms with van der Waals surface area (Å²) in [6, 6.07) is 11.8. The van der Waals surface area contributed by atoms with E-state index in [1.165, 1.54) is 21.4 Å². The van der Waals surface area contributed by atoms with E-state index in [0.29, 0.717) is 0 Å². The first-order chi connectivity index (χ1) is 9.69. The van der Waals surface area contributed by atoms with Crippen LogP contribution < -0.4 is 5.32 Å². The summed E-state index contributed by atoms with van der Waals surface area (Å²) in [6.07, 6.45) is 3.20. The smallest absolute Gasteiger partial charge is 0.141 e. The van der Waals surface area contributed by atoms with Crippen molar-refractivity contribution >= 4 is 22.6 Å². The van der Waals surface area contributed by atoms with Gasteiger partial charge in [-0.1, -0.05) is 19.1 Å². The van der Waals surface area contributed by atoms with Crippen LogP contribution in [0.15, 0.2) is 42.6 Å². The van der Waals surface area contributed by atoms with Crippen molar-refractivity contribution in [3.8, 4) is 0 Å². The van der Waals surface area contributed by atoms with Gasteiger partial charge in [0.2, 0.25) is 0 Å². The molecule has 0 radical (unpaired) electrons. The fraction of sp³-hybridized carbons (Fsp3) is 0.312. The lowest BCUT2D eigenvalue weighted by atomic mass is 10.0. The van der Waals surface area contributed by atoms with Crippen molar-refractivity contribution in [2.75, 3.05) is 6.54 Å². The van der Waals surface area contributed by atoms with Crippen molar-refractivity contribution in [3.63, 3.8) is 0 Å². The molecule has 1 N–H and O–H groups in total. The second kappa shape index (κ2) is 7.69. The number of nitrogens with zero attached hydrogens (tertiary/aromatic N) is 1. The van der Waals surface area contributed by atoms with Crippen molar-refractivity contribution in [2.45, 2.75) is 25.8 Å². The lowest BCUT2D eigenvalue weighted by molar-refractivity contribution is 0.514. The summed E-state index contributed by atoms with van der Waals surface area (Å²) in [5, 5.41) is 3.48. The van der Waals surface area contributed by atoms with E-state index in [4.69, 9.17) is 0 Å². The zero-order valence-electron chi connectivity index (χ0n) is 11.4. The Kier molecular flexibility index (Phi) is 5.91. The Bertz CT molecular complexity index is 525. The number of rotatable bonds is 6. The van der Waals surface area contributed by atoms with Crippen molar-refractivity contribution in [1.29, 1.82) is 0 Å². The summed E-state index contributed by atoms with van der Waals surface area (Å²) in [5.41, 5.74) is 2.14. The lowest BCUT2D eigenvalue weighted by Gasteiger charge is -2.18. The van der Waals surface area contributed by atoms with Crippen LogP contribution in [0.5, 0.6) is 0 Å². The average molecular weight is 384 g/mol. The van der Waals surface area contributed by atoms with Crippen LogP contribution in [0.25, 0.3) is 0 Å². The summed E-state index contributed by atoms with van der Waals surface area (Å²) < 4.78 is 14.2. The van der Waals surface area contributed by atoms with Gasteiger partial charge in [-0.15, -0.1) is 0 Å². The summed E-state index contributed by atoms with van der Waals surface area (Å²) in [5.74, 6) is -0.294. The summed E-state index contributed by atoms with van der Waals surface area (Å²) in [6.45, 7) is 3.06. The highest BCUT2D eigenvalue weighted by Gasteiger charge is 2.13. The van der Waals surface area contributed by atoms with Gasteiger partial charge < -0.3 is 5.32 Å². The van der Waals surface area contributed by atoms with Crippen LogP contribution in [-0.2, 0) is 6.42 Å². The van der Waals surface area contributed by atoms with Crippen molar-refractivity contribution in [3.05, 3.63) is 63.2 Å². The Hall–Kier alpha value is -1.01. The molecule has 0 bridgehead atoms. The van der Waals surface area contributed by atoms with Gasteiger partial charge in [0, 0.05) is 3.57 Å².